The minimum atomic E-state index is -0.229. The SMILES string of the molecule is O=C(CCOCc1n[nH]c(=O)c2ccccc12)N1CCN(c2ncc(Cl)cn2)CC1. The van der Waals surface area contributed by atoms with Gasteiger partial charge < -0.3 is 14.5 Å². The number of piperazine rings is 1. The maximum atomic E-state index is 12.5. The summed E-state index contributed by atoms with van der Waals surface area (Å²) >= 11 is 5.82. The van der Waals surface area contributed by atoms with Crippen LogP contribution in [0.15, 0.2) is 41.5 Å². The molecule has 0 saturated carbocycles. The van der Waals surface area contributed by atoms with E-state index in [9.17, 15) is 9.59 Å². The quantitative estimate of drug-likeness (QED) is 0.595. The first kappa shape index (κ1) is 20.2. The lowest BCUT2D eigenvalue weighted by Gasteiger charge is -2.34. The fraction of sp³-hybridized carbons (Fsp3) is 0.350. The molecule has 0 spiro atoms. The molecule has 9 nitrogen and oxygen atoms in total. The average Bonchev–Trinajstić information content (AvgIpc) is 2.79. The minimum Gasteiger partial charge on any atom is -0.375 e. The van der Waals surface area contributed by atoms with Gasteiger partial charge in [-0.2, -0.15) is 5.10 Å². The number of carbonyl (C=O) groups excluding carboxylic acids is 1. The number of nitrogens with zero attached hydrogens (tertiary/aromatic N) is 5. The number of ether oxygens (including phenoxy) is 1. The fourth-order valence-electron chi connectivity index (χ4n) is 3.39. The molecule has 2 aromatic heterocycles. The topological polar surface area (TPSA) is 104 Å². The zero-order valence-corrected chi connectivity index (χ0v) is 17.0. The first-order chi connectivity index (χ1) is 14.6. The number of nitrogens with one attached hydrogen (secondary N) is 1. The lowest BCUT2D eigenvalue weighted by atomic mass is 10.1. The van der Waals surface area contributed by atoms with E-state index in [4.69, 9.17) is 16.3 Å². The Labute approximate surface area is 177 Å². The van der Waals surface area contributed by atoms with E-state index in [2.05, 4.69) is 20.2 Å². The Morgan fingerprint density at radius 1 is 1.10 bits per heavy atom. The first-order valence-corrected chi connectivity index (χ1v) is 10.0. The number of anilines is 1. The summed E-state index contributed by atoms with van der Waals surface area (Å²) in [7, 11) is 0. The van der Waals surface area contributed by atoms with Crippen molar-refractivity contribution in [3.8, 4) is 0 Å². The van der Waals surface area contributed by atoms with Crippen LogP contribution in [0.1, 0.15) is 12.1 Å². The van der Waals surface area contributed by atoms with Gasteiger partial charge in [-0.05, 0) is 6.07 Å². The van der Waals surface area contributed by atoms with Crippen molar-refractivity contribution in [2.24, 2.45) is 0 Å². The van der Waals surface area contributed by atoms with Gasteiger partial charge in [-0.3, -0.25) is 9.59 Å². The third-order valence-electron chi connectivity index (χ3n) is 5.00. The van der Waals surface area contributed by atoms with Crippen LogP contribution >= 0.6 is 11.6 Å². The van der Waals surface area contributed by atoms with E-state index in [1.807, 2.05) is 21.9 Å². The van der Waals surface area contributed by atoms with Gasteiger partial charge in [0.2, 0.25) is 11.9 Å². The Balaban J connectivity index is 1.24. The van der Waals surface area contributed by atoms with E-state index in [-0.39, 0.29) is 24.7 Å². The number of benzene rings is 1. The highest BCUT2D eigenvalue weighted by atomic mass is 35.5. The van der Waals surface area contributed by atoms with Crippen LogP contribution in [0, 0.1) is 0 Å². The number of rotatable bonds is 6. The lowest BCUT2D eigenvalue weighted by Crippen LogP contribution is -2.49. The molecular weight excluding hydrogens is 408 g/mol. The molecular formula is C20H21ClN6O3. The summed E-state index contributed by atoms with van der Waals surface area (Å²) in [4.78, 5) is 36.6. The Hall–Kier alpha value is -3.04. The van der Waals surface area contributed by atoms with E-state index < -0.39 is 0 Å². The highest BCUT2D eigenvalue weighted by Crippen LogP contribution is 2.15. The molecule has 3 aromatic rings. The lowest BCUT2D eigenvalue weighted by molar-refractivity contribution is -0.132. The minimum absolute atomic E-state index is 0.0472. The van der Waals surface area contributed by atoms with Crippen LogP contribution in [0.3, 0.4) is 0 Å². The van der Waals surface area contributed by atoms with Crippen molar-refractivity contribution in [2.75, 3.05) is 37.7 Å². The van der Waals surface area contributed by atoms with Gasteiger partial charge in [0.05, 0.1) is 48.1 Å². The first-order valence-electron chi connectivity index (χ1n) is 9.66. The summed E-state index contributed by atoms with van der Waals surface area (Å²) in [6, 6.07) is 7.24. The van der Waals surface area contributed by atoms with Gasteiger partial charge in [-0.15, -0.1) is 0 Å². The van der Waals surface area contributed by atoms with E-state index in [1.165, 1.54) is 0 Å². The molecule has 1 N–H and O–H groups in total. The molecule has 4 rings (SSSR count). The molecule has 1 saturated heterocycles. The zero-order valence-electron chi connectivity index (χ0n) is 16.3. The van der Waals surface area contributed by atoms with Gasteiger partial charge in [0.25, 0.3) is 5.56 Å². The molecule has 1 aliphatic heterocycles. The molecule has 0 aliphatic carbocycles. The molecule has 0 unspecified atom stereocenters. The van der Waals surface area contributed by atoms with E-state index in [0.717, 1.165) is 5.39 Å². The summed E-state index contributed by atoms with van der Waals surface area (Å²) in [5.41, 5.74) is 0.418. The van der Waals surface area contributed by atoms with Crippen LogP contribution in [0.2, 0.25) is 5.02 Å². The van der Waals surface area contributed by atoms with E-state index in [1.54, 1.807) is 24.5 Å². The molecule has 0 radical (unpaired) electrons. The van der Waals surface area contributed by atoms with Crippen LogP contribution in [-0.2, 0) is 16.1 Å². The Bertz CT molecular complexity index is 1080. The molecule has 1 aliphatic rings. The molecule has 156 valence electrons. The zero-order chi connectivity index (χ0) is 20.9. The summed E-state index contributed by atoms with van der Waals surface area (Å²) in [5.74, 6) is 0.668. The van der Waals surface area contributed by atoms with Crippen LogP contribution in [-0.4, -0.2) is 63.8 Å². The second-order valence-electron chi connectivity index (χ2n) is 6.92. The van der Waals surface area contributed by atoms with E-state index in [0.29, 0.717) is 54.7 Å². The van der Waals surface area contributed by atoms with E-state index >= 15 is 0 Å². The standard InChI is InChI=1S/C20H21ClN6O3/c21-14-11-22-20(23-12-14)27-8-6-26(7-9-27)18(28)5-10-30-13-17-15-3-1-2-4-16(15)19(29)25-24-17/h1-4,11-12H,5-10,13H2,(H,25,29). The molecule has 10 heteroatoms. The number of amides is 1. The third-order valence-corrected chi connectivity index (χ3v) is 5.19. The number of fused-ring (bicyclic) bond motifs is 1. The summed E-state index contributed by atoms with van der Waals surface area (Å²) in [5, 5.41) is 8.38. The van der Waals surface area contributed by atoms with Crippen molar-refractivity contribution in [3.63, 3.8) is 0 Å². The van der Waals surface area contributed by atoms with Crippen molar-refractivity contribution in [2.45, 2.75) is 13.0 Å². The number of hydrogen-bond donors (Lipinski definition) is 1. The van der Waals surface area contributed by atoms with Crippen LogP contribution in [0.4, 0.5) is 5.95 Å². The maximum absolute atomic E-state index is 12.5. The second kappa shape index (κ2) is 9.19. The molecule has 30 heavy (non-hydrogen) atoms. The van der Waals surface area contributed by atoms with Gasteiger partial charge in [0.1, 0.15) is 0 Å². The Morgan fingerprint density at radius 2 is 1.80 bits per heavy atom. The number of halogens is 1. The summed E-state index contributed by atoms with van der Waals surface area (Å²) < 4.78 is 5.66. The largest absolute Gasteiger partial charge is 0.375 e. The normalized spacial score (nSPS) is 14.3. The smallest absolute Gasteiger partial charge is 0.272 e. The van der Waals surface area contributed by atoms with Crippen molar-refractivity contribution in [3.05, 3.63) is 57.7 Å². The monoisotopic (exact) mass is 428 g/mol. The average molecular weight is 429 g/mol. The van der Waals surface area contributed by atoms with Gasteiger partial charge in [0.15, 0.2) is 0 Å². The van der Waals surface area contributed by atoms with Crippen molar-refractivity contribution >= 4 is 34.2 Å². The summed E-state index contributed by atoms with van der Waals surface area (Å²) in [6.45, 7) is 3.07. The van der Waals surface area contributed by atoms with Crippen LogP contribution in [0.25, 0.3) is 10.8 Å². The fourth-order valence-corrected chi connectivity index (χ4v) is 3.49. The van der Waals surface area contributed by atoms with Gasteiger partial charge in [0, 0.05) is 31.6 Å². The number of aromatic nitrogens is 4. The number of aromatic amines is 1. The molecule has 1 amide bonds. The van der Waals surface area contributed by atoms with Crippen LogP contribution in [0.5, 0.6) is 0 Å². The van der Waals surface area contributed by atoms with Gasteiger partial charge in [-0.1, -0.05) is 29.8 Å². The van der Waals surface area contributed by atoms with Gasteiger partial charge in [-0.25, -0.2) is 15.1 Å². The number of hydrogen-bond acceptors (Lipinski definition) is 7. The molecule has 3 heterocycles. The molecule has 0 atom stereocenters. The highest BCUT2D eigenvalue weighted by Gasteiger charge is 2.22. The maximum Gasteiger partial charge on any atom is 0.272 e. The van der Waals surface area contributed by atoms with Crippen molar-refractivity contribution < 1.29 is 9.53 Å². The third kappa shape index (κ3) is 4.58. The van der Waals surface area contributed by atoms with Crippen LogP contribution < -0.4 is 10.5 Å². The Kier molecular flexibility index (Phi) is 6.20. The Morgan fingerprint density at radius 3 is 2.53 bits per heavy atom. The highest BCUT2D eigenvalue weighted by molar-refractivity contribution is 6.30. The van der Waals surface area contributed by atoms with Crippen molar-refractivity contribution in [1.82, 2.24) is 25.1 Å². The number of H-pyrrole nitrogens is 1. The van der Waals surface area contributed by atoms with Gasteiger partial charge >= 0.3 is 0 Å². The predicted octanol–water partition coefficient (Wildman–Crippen LogP) is 1.62. The number of carbonyl (C=O) groups is 1. The second-order valence-corrected chi connectivity index (χ2v) is 7.35. The molecule has 1 aromatic carbocycles. The summed E-state index contributed by atoms with van der Waals surface area (Å²) in [6.07, 6.45) is 3.43. The molecule has 1 fully saturated rings. The predicted molar refractivity (Wildman–Crippen MR) is 112 cm³/mol. The van der Waals surface area contributed by atoms with Crippen molar-refractivity contribution in [1.29, 1.82) is 0 Å². The molecule has 0 bridgehead atoms.